The van der Waals surface area contributed by atoms with Crippen molar-refractivity contribution in [3.05, 3.63) is 11.3 Å². The molecule has 0 aliphatic carbocycles. The van der Waals surface area contributed by atoms with Gasteiger partial charge in [0.2, 0.25) is 5.91 Å². The first-order chi connectivity index (χ1) is 6.54. The van der Waals surface area contributed by atoms with Gasteiger partial charge < -0.3 is 10.6 Å². The second kappa shape index (κ2) is 6.46. The van der Waals surface area contributed by atoms with Gasteiger partial charge in [0, 0.05) is 24.4 Å². The average molecular weight is 198 g/mol. The van der Waals surface area contributed by atoms with Gasteiger partial charge in [0.05, 0.1) is 0 Å². The van der Waals surface area contributed by atoms with Crippen LogP contribution in [0.3, 0.4) is 0 Å². The second-order valence-electron chi connectivity index (χ2n) is 3.56. The van der Waals surface area contributed by atoms with Crippen LogP contribution in [0.2, 0.25) is 0 Å². The Bertz CT molecular complexity index is 215. The Morgan fingerprint density at radius 3 is 1.86 bits per heavy atom. The Labute approximate surface area is 87.0 Å². The van der Waals surface area contributed by atoms with Crippen LogP contribution < -0.4 is 5.73 Å². The molecule has 0 aromatic rings. The summed E-state index contributed by atoms with van der Waals surface area (Å²) in [5.74, 6) is -0.320. The molecular formula is C11H22N2O. The quantitative estimate of drug-likeness (QED) is 0.662. The van der Waals surface area contributed by atoms with Crippen molar-refractivity contribution in [3.63, 3.8) is 0 Å². The lowest BCUT2D eigenvalue weighted by Crippen LogP contribution is -2.27. The number of hydrogen-bond acceptors (Lipinski definition) is 2. The Balaban J connectivity index is 4.63. The Kier molecular flexibility index (Phi) is 6.00. The van der Waals surface area contributed by atoms with Crippen molar-refractivity contribution in [1.82, 2.24) is 4.90 Å². The van der Waals surface area contributed by atoms with Crippen LogP contribution in [0.5, 0.6) is 0 Å². The average Bonchev–Trinajstić information content (AvgIpc) is 2.15. The normalized spacial score (nSPS) is 12.3. The fourth-order valence-corrected chi connectivity index (χ4v) is 1.40. The highest BCUT2D eigenvalue weighted by Crippen LogP contribution is 2.10. The predicted octanol–water partition coefficient (Wildman–Crippen LogP) is 1.89. The summed E-state index contributed by atoms with van der Waals surface area (Å²) in [5, 5.41) is 0. The van der Waals surface area contributed by atoms with E-state index in [0.29, 0.717) is 5.57 Å². The number of nitrogens with zero attached hydrogens (tertiary/aromatic N) is 1. The number of nitrogens with two attached hydrogens (primary N) is 1. The maximum absolute atomic E-state index is 11.0. The molecule has 0 aliphatic rings. The lowest BCUT2D eigenvalue weighted by atomic mass is 10.2. The van der Waals surface area contributed by atoms with E-state index in [1.807, 2.05) is 6.92 Å². The summed E-state index contributed by atoms with van der Waals surface area (Å²) < 4.78 is 0. The van der Waals surface area contributed by atoms with Crippen molar-refractivity contribution < 1.29 is 4.79 Å². The van der Waals surface area contributed by atoms with Crippen LogP contribution in [-0.2, 0) is 4.79 Å². The molecule has 2 N–H and O–H groups in total. The molecule has 0 aliphatic heterocycles. The van der Waals surface area contributed by atoms with E-state index in [2.05, 4.69) is 18.7 Å². The number of primary amides is 1. The molecule has 0 aromatic carbocycles. The molecule has 0 bridgehead atoms. The minimum atomic E-state index is -0.320. The number of carbonyl (C=O) groups excluding carboxylic acids is 1. The maximum Gasteiger partial charge on any atom is 0.246 e. The number of rotatable bonds is 6. The minimum Gasteiger partial charge on any atom is -0.375 e. The van der Waals surface area contributed by atoms with Crippen molar-refractivity contribution in [2.75, 3.05) is 13.1 Å². The third kappa shape index (κ3) is 3.81. The summed E-state index contributed by atoms with van der Waals surface area (Å²) in [4.78, 5) is 13.2. The summed E-state index contributed by atoms with van der Waals surface area (Å²) in [6, 6.07) is 0. The zero-order chi connectivity index (χ0) is 11.1. The van der Waals surface area contributed by atoms with Crippen molar-refractivity contribution in [2.45, 2.75) is 40.5 Å². The lowest BCUT2D eigenvalue weighted by molar-refractivity contribution is -0.114. The van der Waals surface area contributed by atoms with E-state index in [4.69, 9.17) is 5.73 Å². The maximum atomic E-state index is 11.0. The first kappa shape index (κ1) is 13.0. The van der Waals surface area contributed by atoms with Gasteiger partial charge in [0.1, 0.15) is 0 Å². The summed E-state index contributed by atoms with van der Waals surface area (Å²) in [6.07, 6.45) is 2.17. The van der Waals surface area contributed by atoms with Crippen LogP contribution in [0.15, 0.2) is 11.3 Å². The molecule has 0 rings (SSSR count). The molecule has 14 heavy (non-hydrogen) atoms. The second-order valence-corrected chi connectivity index (χ2v) is 3.56. The summed E-state index contributed by atoms with van der Waals surface area (Å²) in [6.45, 7) is 10.0. The molecule has 0 saturated carbocycles. The molecule has 1 amide bonds. The molecule has 3 nitrogen and oxygen atoms in total. The van der Waals surface area contributed by atoms with Crippen molar-refractivity contribution in [1.29, 1.82) is 0 Å². The molecule has 82 valence electrons. The molecule has 0 radical (unpaired) electrons. The number of amides is 1. The topological polar surface area (TPSA) is 46.3 Å². The van der Waals surface area contributed by atoms with E-state index in [0.717, 1.165) is 31.6 Å². The zero-order valence-corrected chi connectivity index (χ0v) is 9.76. The first-order valence-corrected chi connectivity index (χ1v) is 5.26. The van der Waals surface area contributed by atoms with Crippen molar-refractivity contribution >= 4 is 5.91 Å². The Hall–Kier alpha value is -0.990. The fourth-order valence-electron chi connectivity index (χ4n) is 1.40. The highest BCUT2D eigenvalue weighted by Gasteiger charge is 2.09. The van der Waals surface area contributed by atoms with Gasteiger partial charge in [-0.1, -0.05) is 13.8 Å². The highest BCUT2D eigenvalue weighted by atomic mass is 16.1. The summed E-state index contributed by atoms with van der Waals surface area (Å²) in [5.41, 5.74) is 6.93. The zero-order valence-electron chi connectivity index (χ0n) is 9.76. The molecule has 0 heterocycles. The smallest absolute Gasteiger partial charge is 0.246 e. The lowest BCUT2D eigenvalue weighted by Gasteiger charge is -2.25. The number of hydrogen-bond donors (Lipinski definition) is 1. The minimum absolute atomic E-state index is 0.320. The fraction of sp³-hybridized carbons (Fsp3) is 0.727. The van der Waals surface area contributed by atoms with E-state index in [9.17, 15) is 4.79 Å². The van der Waals surface area contributed by atoms with Gasteiger partial charge in [0.25, 0.3) is 0 Å². The molecule has 0 spiro atoms. The van der Waals surface area contributed by atoms with E-state index in [1.165, 1.54) is 0 Å². The van der Waals surface area contributed by atoms with Gasteiger partial charge in [-0.2, -0.15) is 0 Å². The van der Waals surface area contributed by atoms with Crippen molar-refractivity contribution in [2.24, 2.45) is 5.73 Å². The van der Waals surface area contributed by atoms with E-state index >= 15 is 0 Å². The van der Waals surface area contributed by atoms with Crippen LogP contribution >= 0.6 is 0 Å². The molecule has 0 fully saturated rings. The van der Waals surface area contributed by atoms with Crippen LogP contribution in [0.25, 0.3) is 0 Å². The largest absolute Gasteiger partial charge is 0.375 e. The van der Waals surface area contributed by atoms with Gasteiger partial charge in [-0.05, 0) is 26.7 Å². The van der Waals surface area contributed by atoms with Gasteiger partial charge in [-0.3, -0.25) is 4.79 Å². The van der Waals surface area contributed by atoms with Gasteiger partial charge in [-0.25, -0.2) is 0 Å². The summed E-state index contributed by atoms with van der Waals surface area (Å²) in [7, 11) is 0. The van der Waals surface area contributed by atoms with Crippen LogP contribution in [0, 0.1) is 0 Å². The third-order valence-electron chi connectivity index (χ3n) is 2.37. The third-order valence-corrected chi connectivity index (χ3v) is 2.37. The van der Waals surface area contributed by atoms with E-state index in [-0.39, 0.29) is 5.91 Å². The van der Waals surface area contributed by atoms with Crippen LogP contribution in [0.4, 0.5) is 0 Å². The first-order valence-electron chi connectivity index (χ1n) is 5.26. The number of carbonyl (C=O) groups is 1. The van der Waals surface area contributed by atoms with Gasteiger partial charge in [0.15, 0.2) is 0 Å². The Morgan fingerprint density at radius 2 is 1.57 bits per heavy atom. The molecule has 0 saturated heterocycles. The molecule has 0 aromatic heterocycles. The standard InChI is InChI=1S/C11H22N2O/c1-5-7-13(8-6-2)10(4)9(3)11(12)14/h5-8H2,1-4H3,(H2,12,14)/b10-9+. The molecule has 0 atom stereocenters. The predicted molar refractivity (Wildman–Crippen MR) is 59.7 cm³/mol. The van der Waals surface area contributed by atoms with Crippen molar-refractivity contribution in [3.8, 4) is 0 Å². The number of allylic oxidation sites excluding steroid dienone is 1. The highest BCUT2D eigenvalue weighted by molar-refractivity contribution is 5.91. The van der Waals surface area contributed by atoms with Crippen LogP contribution in [0.1, 0.15) is 40.5 Å². The summed E-state index contributed by atoms with van der Waals surface area (Å²) >= 11 is 0. The molecule has 0 unspecified atom stereocenters. The van der Waals surface area contributed by atoms with Gasteiger partial charge >= 0.3 is 0 Å². The monoisotopic (exact) mass is 198 g/mol. The van der Waals surface area contributed by atoms with Crippen LogP contribution in [-0.4, -0.2) is 23.9 Å². The van der Waals surface area contributed by atoms with E-state index < -0.39 is 0 Å². The van der Waals surface area contributed by atoms with E-state index in [1.54, 1.807) is 6.92 Å². The SMILES string of the molecule is CCCN(CCC)/C(C)=C(\C)C(N)=O. The molecule has 3 heteroatoms. The molecular weight excluding hydrogens is 176 g/mol. The Morgan fingerprint density at radius 1 is 1.14 bits per heavy atom. The van der Waals surface area contributed by atoms with Gasteiger partial charge in [-0.15, -0.1) is 0 Å².